The zero-order chi connectivity index (χ0) is 20.8. The van der Waals surface area contributed by atoms with Gasteiger partial charge in [0.25, 0.3) is 0 Å². The van der Waals surface area contributed by atoms with Crippen LogP contribution in [0.2, 0.25) is 0 Å². The number of esters is 1. The number of rotatable bonds is 15. The smallest absolute Gasteiger partial charge is 0.310 e. The quantitative estimate of drug-likeness (QED) is 0.227. The highest BCUT2D eigenvalue weighted by Crippen LogP contribution is 2.29. The molecule has 0 aliphatic heterocycles. The summed E-state index contributed by atoms with van der Waals surface area (Å²) in [5.41, 5.74) is 0.459. The van der Waals surface area contributed by atoms with Crippen molar-refractivity contribution in [2.75, 3.05) is 6.61 Å². The second-order valence-electron chi connectivity index (χ2n) is 7.40. The lowest BCUT2D eigenvalue weighted by Gasteiger charge is -2.12. The van der Waals surface area contributed by atoms with Crippen molar-refractivity contribution in [3.63, 3.8) is 0 Å². The predicted octanol–water partition coefficient (Wildman–Crippen LogP) is 5.70. The number of carbonyl (C=O) groups excluding carboxylic acids is 2. The number of ether oxygens (including phenoxy) is 1. The average molecular weight is 393 g/mol. The number of ketones is 1. The fourth-order valence-corrected chi connectivity index (χ4v) is 3.24. The molecule has 0 unspecified atom stereocenters. The van der Waals surface area contributed by atoms with E-state index in [4.69, 9.17) is 4.74 Å². The molecule has 0 saturated carbocycles. The third kappa shape index (κ3) is 9.25. The topological polar surface area (TPSA) is 83.8 Å². The Hall–Kier alpha value is -2.04. The van der Waals surface area contributed by atoms with Crippen molar-refractivity contribution in [2.24, 2.45) is 0 Å². The van der Waals surface area contributed by atoms with Crippen LogP contribution in [0.25, 0.3) is 0 Å². The summed E-state index contributed by atoms with van der Waals surface area (Å²) >= 11 is 0. The van der Waals surface area contributed by atoms with Gasteiger partial charge in [-0.15, -0.1) is 0 Å². The maximum absolute atomic E-state index is 12.6. The predicted molar refractivity (Wildman–Crippen MR) is 111 cm³/mol. The first-order chi connectivity index (χ1) is 13.5. The van der Waals surface area contributed by atoms with Crippen molar-refractivity contribution >= 4 is 11.8 Å². The molecule has 1 aromatic carbocycles. The second-order valence-corrected chi connectivity index (χ2v) is 7.40. The molecule has 0 saturated heterocycles. The van der Waals surface area contributed by atoms with Gasteiger partial charge in [0.05, 0.1) is 18.6 Å². The molecular formula is C23H36O5. The molecule has 0 aliphatic rings. The molecule has 0 spiro atoms. The first-order valence-corrected chi connectivity index (χ1v) is 10.7. The van der Waals surface area contributed by atoms with Crippen LogP contribution in [-0.2, 0) is 16.0 Å². The van der Waals surface area contributed by atoms with Crippen LogP contribution in [-0.4, -0.2) is 28.6 Å². The number of phenolic OH excluding ortho intramolecular Hbond substituents is 2. The number of hydrogen-bond donors (Lipinski definition) is 2. The Morgan fingerprint density at radius 3 is 2.14 bits per heavy atom. The van der Waals surface area contributed by atoms with Crippen molar-refractivity contribution in [1.82, 2.24) is 0 Å². The Kier molecular flexibility index (Phi) is 12.0. The lowest BCUT2D eigenvalue weighted by molar-refractivity contribution is -0.142. The van der Waals surface area contributed by atoms with Crippen molar-refractivity contribution in [3.05, 3.63) is 23.3 Å². The van der Waals surface area contributed by atoms with Gasteiger partial charge in [-0.25, -0.2) is 0 Å². The zero-order valence-corrected chi connectivity index (χ0v) is 17.5. The summed E-state index contributed by atoms with van der Waals surface area (Å²) in [7, 11) is 0. The second kappa shape index (κ2) is 14.0. The molecular weight excluding hydrogens is 356 g/mol. The molecule has 1 aromatic rings. The first-order valence-electron chi connectivity index (χ1n) is 10.7. The Bertz CT molecular complexity index is 609. The monoisotopic (exact) mass is 392 g/mol. The Morgan fingerprint density at radius 2 is 1.46 bits per heavy atom. The van der Waals surface area contributed by atoms with E-state index in [1.807, 2.05) is 0 Å². The van der Waals surface area contributed by atoms with Crippen LogP contribution < -0.4 is 0 Å². The van der Waals surface area contributed by atoms with Gasteiger partial charge in [0, 0.05) is 12.5 Å². The number of benzene rings is 1. The zero-order valence-electron chi connectivity index (χ0n) is 17.5. The average Bonchev–Trinajstić information content (AvgIpc) is 2.64. The summed E-state index contributed by atoms with van der Waals surface area (Å²) in [5.74, 6) is -1.09. The maximum Gasteiger partial charge on any atom is 0.310 e. The lowest BCUT2D eigenvalue weighted by Crippen LogP contribution is -2.13. The van der Waals surface area contributed by atoms with Crippen LogP contribution in [0.4, 0.5) is 0 Å². The van der Waals surface area contributed by atoms with E-state index < -0.39 is 5.97 Å². The number of hydrogen-bond acceptors (Lipinski definition) is 5. The van der Waals surface area contributed by atoms with Crippen LogP contribution in [0, 0.1) is 0 Å². The molecule has 0 aromatic heterocycles. The van der Waals surface area contributed by atoms with Crippen molar-refractivity contribution in [2.45, 2.75) is 90.9 Å². The van der Waals surface area contributed by atoms with Gasteiger partial charge in [0.2, 0.25) is 0 Å². The van der Waals surface area contributed by atoms with Gasteiger partial charge >= 0.3 is 5.97 Å². The highest BCUT2D eigenvalue weighted by molar-refractivity contribution is 6.01. The molecule has 5 heteroatoms. The fraction of sp³-hybridized carbons (Fsp3) is 0.652. The van der Waals surface area contributed by atoms with Gasteiger partial charge in [0.15, 0.2) is 5.78 Å². The number of unbranched alkanes of at least 4 members (excludes halogenated alkanes) is 8. The van der Waals surface area contributed by atoms with Gasteiger partial charge < -0.3 is 14.9 Å². The van der Waals surface area contributed by atoms with E-state index in [0.717, 1.165) is 44.6 Å². The summed E-state index contributed by atoms with van der Waals surface area (Å²) in [6.45, 7) is 4.60. The molecule has 158 valence electrons. The van der Waals surface area contributed by atoms with E-state index in [1.165, 1.54) is 31.7 Å². The van der Waals surface area contributed by atoms with Gasteiger partial charge in [-0.1, -0.05) is 65.2 Å². The SMILES string of the molecule is CCCCCCCCCC(=O)c1c(O)cc(O)cc1CC(=O)OCCCCC. The fourth-order valence-electron chi connectivity index (χ4n) is 3.24. The van der Waals surface area contributed by atoms with E-state index in [-0.39, 0.29) is 29.3 Å². The van der Waals surface area contributed by atoms with E-state index >= 15 is 0 Å². The number of Topliss-reactive ketones (excluding diaryl/α,β-unsaturated/α-hetero) is 1. The molecule has 0 aliphatic carbocycles. The molecule has 28 heavy (non-hydrogen) atoms. The maximum atomic E-state index is 12.6. The van der Waals surface area contributed by atoms with Crippen LogP contribution in [0.15, 0.2) is 12.1 Å². The Morgan fingerprint density at radius 1 is 0.857 bits per heavy atom. The Labute approximate surface area is 169 Å². The van der Waals surface area contributed by atoms with E-state index in [2.05, 4.69) is 13.8 Å². The van der Waals surface area contributed by atoms with Gasteiger partial charge in [-0.3, -0.25) is 9.59 Å². The molecule has 0 radical (unpaired) electrons. The van der Waals surface area contributed by atoms with Crippen LogP contribution in [0.3, 0.4) is 0 Å². The van der Waals surface area contributed by atoms with E-state index in [0.29, 0.717) is 18.6 Å². The van der Waals surface area contributed by atoms with Gasteiger partial charge in [0.1, 0.15) is 11.5 Å². The third-order valence-electron chi connectivity index (χ3n) is 4.82. The first kappa shape index (κ1) is 24.0. The van der Waals surface area contributed by atoms with Crippen molar-refractivity contribution in [3.8, 4) is 11.5 Å². The molecule has 0 fully saturated rings. The standard InChI is InChI=1S/C23H36O5/c1-3-5-7-8-9-10-11-13-20(25)23-18(15-19(24)17-21(23)26)16-22(27)28-14-12-6-4-2/h15,17,24,26H,3-14,16H2,1-2H3. The Balaban J connectivity index is 2.61. The summed E-state index contributed by atoms with van der Waals surface area (Å²) in [4.78, 5) is 24.7. The molecule has 2 N–H and O–H groups in total. The minimum absolute atomic E-state index is 0.133. The van der Waals surface area contributed by atoms with Crippen LogP contribution >= 0.6 is 0 Å². The van der Waals surface area contributed by atoms with Crippen molar-refractivity contribution < 1.29 is 24.5 Å². The summed E-state index contributed by atoms with van der Waals surface area (Å²) in [6.07, 6.45) is 10.7. The van der Waals surface area contributed by atoms with E-state index in [1.54, 1.807) is 0 Å². The van der Waals surface area contributed by atoms with Crippen LogP contribution in [0.5, 0.6) is 11.5 Å². The summed E-state index contributed by atoms with van der Waals surface area (Å²) in [5, 5.41) is 19.9. The molecule has 0 atom stereocenters. The molecule has 0 amide bonds. The minimum Gasteiger partial charge on any atom is -0.508 e. The largest absolute Gasteiger partial charge is 0.508 e. The lowest BCUT2D eigenvalue weighted by atomic mass is 9.96. The van der Waals surface area contributed by atoms with Gasteiger partial charge in [-0.05, 0) is 24.5 Å². The highest BCUT2D eigenvalue weighted by Gasteiger charge is 2.20. The highest BCUT2D eigenvalue weighted by atomic mass is 16.5. The third-order valence-corrected chi connectivity index (χ3v) is 4.82. The van der Waals surface area contributed by atoms with E-state index in [9.17, 15) is 19.8 Å². The summed E-state index contributed by atoms with van der Waals surface area (Å²) in [6, 6.07) is 2.51. The minimum atomic E-state index is -0.453. The summed E-state index contributed by atoms with van der Waals surface area (Å²) < 4.78 is 5.19. The number of phenols is 2. The normalized spacial score (nSPS) is 10.8. The van der Waals surface area contributed by atoms with Crippen molar-refractivity contribution in [1.29, 1.82) is 0 Å². The molecule has 0 bridgehead atoms. The number of carbonyl (C=O) groups is 2. The van der Waals surface area contributed by atoms with Gasteiger partial charge in [-0.2, -0.15) is 0 Å². The van der Waals surface area contributed by atoms with Crippen LogP contribution in [0.1, 0.15) is 100 Å². The molecule has 0 heterocycles. The molecule has 1 rings (SSSR count). The number of aromatic hydroxyl groups is 2. The molecule has 5 nitrogen and oxygen atoms in total.